The summed E-state index contributed by atoms with van der Waals surface area (Å²) in [4.78, 5) is 25.3. The number of amides is 1. The summed E-state index contributed by atoms with van der Waals surface area (Å²) < 4.78 is 32.3. The van der Waals surface area contributed by atoms with E-state index in [1.165, 1.54) is 12.1 Å². The molecule has 0 unspecified atom stereocenters. The fraction of sp³-hybridized carbons (Fsp3) is 0.241. The topological polar surface area (TPSA) is 137 Å². The first kappa shape index (κ1) is 29.6. The summed E-state index contributed by atoms with van der Waals surface area (Å²) in [6, 6.07) is 16.2. The fourth-order valence-corrected chi connectivity index (χ4v) is 6.10. The highest BCUT2D eigenvalue weighted by Crippen LogP contribution is 2.35. The molecule has 0 radical (unpaired) electrons. The van der Waals surface area contributed by atoms with Crippen LogP contribution >= 0.6 is 23.2 Å². The zero-order valence-electron chi connectivity index (χ0n) is 22.1. The van der Waals surface area contributed by atoms with Gasteiger partial charge in [-0.2, -0.15) is 4.31 Å². The van der Waals surface area contributed by atoms with E-state index in [1.807, 2.05) is 32.0 Å². The van der Waals surface area contributed by atoms with E-state index < -0.39 is 27.8 Å². The van der Waals surface area contributed by atoms with Gasteiger partial charge in [0.25, 0.3) is 0 Å². The van der Waals surface area contributed by atoms with Gasteiger partial charge in [-0.1, -0.05) is 61.3 Å². The number of furan rings is 1. The molecular weight excluding hydrogens is 573 g/mol. The van der Waals surface area contributed by atoms with E-state index in [4.69, 9.17) is 39.1 Å². The van der Waals surface area contributed by atoms with Crippen LogP contribution in [0.2, 0.25) is 10.0 Å². The molecule has 1 heterocycles. The molecule has 4 rings (SSSR count). The third-order valence-corrected chi connectivity index (χ3v) is 8.29. The molecule has 4 aromatic rings. The van der Waals surface area contributed by atoms with Crippen molar-refractivity contribution in [1.82, 2.24) is 4.31 Å². The summed E-state index contributed by atoms with van der Waals surface area (Å²) in [5.41, 5.74) is 14.9. The first-order valence-corrected chi connectivity index (χ1v) is 15.0. The van der Waals surface area contributed by atoms with Crippen LogP contribution in [0.4, 0.5) is 5.69 Å². The van der Waals surface area contributed by atoms with Gasteiger partial charge in [-0.15, -0.1) is 0 Å². The third kappa shape index (κ3) is 6.33. The number of fused-ring (bicyclic) bond motifs is 1. The molecule has 0 aliphatic rings. The average Bonchev–Trinajstić information content (AvgIpc) is 3.20. The molecule has 11 heteroatoms. The third-order valence-electron chi connectivity index (χ3n) is 6.51. The van der Waals surface area contributed by atoms with Crippen LogP contribution in [0.5, 0.6) is 0 Å². The first-order chi connectivity index (χ1) is 18.8. The van der Waals surface area contributed by atoms with Crippen LogP contribution in [0.3, 0.4) is 0 Å². The highest BCUT2D eigenvalue weighted by atomic mass is 35.5. The van der Waals surface area contributed by atoms with Gasteiger partial charge in [-0.3, -0.25) is 9.59 Å². The molecule has 0 bridgehead atoms. The van der Waals surface area contributed by atoms with E-state index in [0.717, 1.165) is 21.7 Å². The number of rotatable bonds is 10. The molecule has 1 amide bonds. The Morgan fingerprint density at radius 2 is 1.70 bits per heavy atom. The molecule has 40 heavy (non-hydrogen) atoms. The number of sulfonamides is 1. The summed E-state index contributed by atoms with van der Waals surface area (Å²) in [5.74, 6) is -1.13. The number of hydrogen-bond donors (Lipinski definition) is 2. The summed E-state index contributed by atoms with van der Waals surface area (Å²) in [6.45, 7) is 3.78. The van der Waals surface area contributed by atoms with Crippen molar-refractivity contribution in [1.29, 1.82) is 0 Å². The lowest BCUT2D eigenvalue weighted by Gasteiger charge is -2.28. The van der Waals surface area contributed by atoms with E-state index in [0.29, 0.717) is 28.0 Å². The lowest BCUT2D eigenvalue weighted by atomic mass is 10.0. The van der Waals surface area contributed by atoms with Crippen molar-refractivity contribution >= 4 is 61.6 Å². The highest BCUT2D eigenvalue weighted by molar-refractivity contribution is 7.88. The lowest BCUT2D eigenvalue weighted by Crippen LogP contribution is -2.47. The van der Waals surface area contributed by atoms with Crippen molar-refractivity contribution in [3.05, 3.63) is 87.6 Å². The number of halogens is 2. The van der Waals surface area contributed by atoms with Gasteiger partial charge in [0.2, 0.25) is 21.7 Å². The minimum absolute atomic E-state index is 0.0244. The number of carbonyl (C=O) groups excluding carboxylic acids is 2. The summed E-state index contributed by atoms with van der Waals surface area (Å²) in [5, 5.41) is 1.15. The maximum Gasteiger partial charge on any atom is 0.235 e. The molecule has 0 fully saturated rings. The number of ketones is 1. The molecular formula is C29H29Cl2N3O5S. The van der Waals surface area contributed by atoms with E-state index in [2.05, 4.69) is 0 Å². The van der Waals surface area contributed by atoms with Crippen LogP contribution in [0.15, 0.2) is 65.1 Å². The number of carbonyl (C=O) groups is 2. The summed E-state index contributed by atoms with van der Waals surface area (Å²) >= 11 is 12.2. The highest BCUT2D eigenvalue weighted by Gasteiger charge is 2.31. The Morgan fingerprint density at radius 1 is 1.00 bits per heavy atom. The van der Waals surface area contributed by atoms with Gasteiger partial charge in [0.1, 0.15) is 11.6 Å². The zero-order chi connectivity index (χ0) is 29.4. The zero-order valence-corrected chi connectivity index (χ0v) is 24.5. The van der Waals surface area contributed by atoms with Crippen LogP contribution in [-0.2, 0) is 21.4 Å². The van der Waals surface area contributed by atoms with Crippen molar-refractivity contribution in [2.24, 2.45) is 11.7 Å². The summed E-state index contributed by atoms with van der Waals surface area (Å²) in [6.07, 6.45) is 1.37. The van der Waals surface area contributed by atoms with E-state index in [1.54, 1.807) is 30.3 Å². The second-order valence-electron chi connectivity index (χ2n) is 10.1. The Morgan fingerprint density at radius 3 is 2.33 bits per heavy atom. The Kier molecular flexibility index (Phi) is 8.60. The van der Waals surface area contributed by atoms with Crippen molar-refractivity contribution in [2.75, 3.05) is 12.0 Å². The predicted molar refractivity (Wildman–Crippen MR) is 159 cm³/mol. The molecule has 1 aromatic heterocycles. The Hall–Kier alpha value is -3.37. The van der Waals surface area contributed by atoms with Gasteiger partial charge in [0.05, 0.1) is 17.0 Å². The van der Waals surface area contributed by atoms with Gasteiger partial charge in [-0.05, 0) is 65.4 Å². The maximum absolute atomic E-state index is 13.1. The molecule has 0 saturated heterocycles. The molecule has 8 nitrogen and oxygen atoms in total. The molecule has 3 aromatic carbocycles. The van der Waals surface area contributed by atoms with Crippen LogP contribution in [0.1, 0.15) is 41.9 Å². The lowest BCUT2D eigenvalue weighted by molar-refractivity contribution is -0.122. The standard InChI is InChI=1S/C29H29Cl2N3O5S/c1-16(2)11-24(29(33)36)34(40(3,37)38)15-17-5-4-6-18(12-17)19-7-9-22-25(13-19)39-28(26(22)32)27(35)21-10-8-20(30)14-23(21)31/h4-10,12-14,16,24H,11,15,32H2,1-3H3,(H2,33,36)/t24-/m1/s1. The van der Waals surface area contributed by atoms with Gasteiger partial charge in [0, 0.05) is 22.5 Å². The Balaban J connectivity index is 1.68. The minimum Gasteiger partial charge on any atom is -0.450 e. The molecule has 210 valence electrons. The van der Waals surface area contributed by atoms with E-state index >= 15 is 0 Å². The van der Waals surface area contributed by atoms with E-state index in [-0.39, 0.29) is 34.5 Å². The quantitative estimate of drug-likeness (QED) is 0.218. The van der Waals surface area contributed by atoms with Crippen LogP contribution in [0, 0.1) is 5.92 Å². The number of primary amides is 1. The number of benzene rings is 3. The fourth-order valence-electron chi connectivity index (χ4n) is 4.57. The van der Waals surface area contributed by atoms with E-state index in [9.17, 15) is 18.0 Å². The number of anilines is 1. The molecule has 4 N–H and O–H groups in total. The second-order valence-corrected chi connectivity index (χ2v) is 12.8. The average molecular weight is 603 g/mol. The number of nitrogens with zero attached hydrogens (tertiary/aromatic N) is 1. The van der Waals surface area contributed by atoms with Gasteiger partial charge in [0.15, 0.2) is 5.76 Å². The van der Waals surface area contributed by atoms with Crippen molar-refractivity contribution in [3.8, 4) is 11.1 Å². The summed E-state index contributed by atoms with van der Waals surface area (Å²) in [7, 11) is -3.74. The number of nitrogens with two attached hydrogens (primary N) is 2. The van der Waals surface area contributed by atoms with Crippen LogP contribution < -0.4 is 11.5 Å². The smallest absolute Gasteiger partial charge is 0.235 e. The predicted octanol–water partition coefficient (Wildman–Crippen LogP) is 5.88. The Labute approximate surface area is 242 Å². The normalized spacial score (nSPS) is 12.8. The second kappa shape index (κ2) is 11.6. The largest absolute Gasteiger partial charge is 0.450 e. The maximum atomic E-state index is 13.1. The van der Waals surface area contributed by atoms with Crippen molar-refractivity contribution < 1.29 is 22.4 Å². The number of nitrogen functional groups attached to an aromatic ring is 1. The Bertz CT molecular complexity index is 1720. The van der Waals surface area contributed by atoms with Crippen molar-refractivity contribution in [3.63, 3.8) is 0 Å². The number of hydrogen-bond acceptors (Lipinski definition) is 6. The molecule has 0 aliphatic carbocycles. The van der Waals surface area contributed by atoms with Crippen molar-refractivity contribution in [2.45, 2.75) is 32.9 Å². The molecule has 0 saturated carbocycles. The minimum atomic E-state index is -3.74. The monoisotopic (exact) mass is 601 g/mol. The van der Waals surface area contributed by atoms with Gasteiger partial charge < -0.3 is 15.9 Å². The van der Waals surface area contributed by atoms with Crippen LogP contribution in [0.25, 0.3) is 22.1 Å². The van der Waals surface area contributed by atoms with Crippen LogP contribution in [-0.4, -0.2) is 36.7 Å². The van der Waals surface area contributed by atoms with Gasteiger partial charge in [-0.25, -0.2) is 8.42 Å². The first-order valence-electron chi connectivity index (χ1n) is 12.4. The SMILES string of the molecule is CC(C)C[C@H](C(N)=O)N(Cc1cccc(-c2ccc3c(N)c(C(=O)c4ccc(Cl)cc4Cl)oc3c2)c1)S(C)(=O)=O. The molecule has 1 atom stereocenters. The van der Waals surface area contributed by atoms with Gasteiger partial charge >= 0.3 is 0 Å². The molecule has 0 aliphatic heterocycles. The molecule has 0 spiro atoms.